The van der Waals surface area contributed by atoms with Crippen LogP contribution in [-0.2, 0) is 24.7 Å². The average Bonchev–Trinajstić information content (AvgIpc) is 3.28. The summed E-state index contributed by atoms with van der Waals surface area (Å²) < 4.78 is 50.5. The lowest BCUT2D eigenvalue weighted by Gasteiger charge is -2.28. The number of sulfonamides is 1. The first-order chi connectivity index (χ1) is 13.7. The highest BCUT2D eigenvalue weighted by Gasteiger charge is 2.42. The van der Waals surface area contributed by atoms with E-state index in [9.17, 15) is 21.6 Å². The topological polar surface area (TPSA) is 113 Å². The second-order valence-electron chi connectivity index (χ2n) is 7.41. The normalized spacial score (nSPS) is 24.9. The van der Waals surface area contributed by atoms with E-state index in [1.165, 1.54) is 18.2 Å². The van der Waals surface area contributed by atoms with Crippen LogP contribution in [0.4, 0.5) is 0 Å². The molecule has 1 amide bonds. The number of amides is 1. The number of nitrogens with one attached hydrogen (secondary N) is 2. The zero-order chi connectivity index (χ0) is 21.1. The third-order valence-corrected chi connectivity index (χ3v) is 8.49. The molecule has 1 aromatic rings. The van der Waals surface area contributed by atoms with Crippen LogP contribution < -0.4 is 10.0 Å². The quantitative estimate of drug-likeness (QED) is 0.592. The van der Waals surface area contributed by atoms with Crippen molar-refractivity contribution in [1.29, 1.82) is 0 Å². The molecule has 0 aromatic heterocycles. The van der Waals surface area contributed by atoms with Gasteiger partial charge in [0.1, 0.15) is 0 Å². The molecular weight excluding hydrogens is 414 g/mol. The fourth-order valence-corrected chi connectivity index (χ4v) is 6.83. The van der Waals surface area contributed by atoms with Gasteiger partial charge >= 0.3 is 0 Å². The summed E-state index contributed by atoms with van der Waals surface area (Å²) in [7, 11) is -6.68. The summed E-state index contributed by atoms with van der Waals surface area (Å²) in [6, 6.07) is 5.59. The van der Waals surface area contributed by atoms with Gasteiger partial charge in [-0.25, -0.2) is 21.6 Å². The van der Waals surface area contributed by atoms with Gasteiger partial charge in [0.05, 0.1) is 22.4 Å². The Hall–Kier alpha value is -1.75. The molecule has 0 spiro atoms. The number of hydrogen-bond acceptors (Lipinski definition) is 6. The second-order valence-corrected chi connectivity index (χ2v) is 11.3. The van der Waals surface area contributed by atoms with Crippen LogP contribution in [0.3, 0.4) is 0 Å². The van der Waals surface area contributed by atoms with Gasteiger partial charge in [0.25, 0.3) is 0 Å². The van der Waals surface area contributed by atoms with Crippen LogP contribution in [0.15, 0.2) is 35.2 Å². The number of sulfone groups is 1. The molecule has 2 aliphatic rings. The van der Waals surface area contributed by atoms with Gasteiger partial charge in [-0.1, -0.05) is 19.1 Å². The first-order valence-electron chi connectivity index (χ1n) is 9.73. The second kappa shape index (κ2) is 8.95. The predicted molar refractivity (Wildman–Crippen MR) is 112 cm³/mol. The van der Waals surface area contributed by atoms with Gasteiger partial charge in [-0.2, -0.15) is 0 Å². The minimum Gasteiger partial charge on any atom is -0.347 e. The molecule has 2 N–H and O–H groups in total. The fourth-order valence-electron chi connectivity index (χ4n) is 3.83. The number of benzene rings is 1. The third-order valence-electron chi connectivity index (χ3n) is 5.21. The minimum absolute atomic E-state index is 0.0370. The fraction of sp³-hybridized carbons (Fsp3) is 0.526. The van der Waals surface area contributed by atoms with Gasteiger partial charge in [-0.05, 0) is 49.7 Å². The Kier molecular flexibility index (Phi) is 6.77. The molecular formula is C19H27N3O5S2. The molecule has 0 aliphatic carbocycles. The standard InChI is InChI=1S/C19H27N3O5S2/c1-2-20-29(26,27)16-8-5-15(6-9-16)7-10-19(23)21-17-13-28(24,25)14-18(17)22-11-3-4-12-22/h5-10,17-18,20H,2-4,11-14H2,1H3,(H,21,23)/b10-7+. The Morgan fingerprint density at radius 2 is 1.83 bits per heavy atom. The van der Waals surface area contributed by atoms with Crippen molar-refractivity contribution in [3.63, 3.8) is 0 Å². The van der Waals surface area contributed by atoms with E-state index < -0.39 is 25.9 Å². The van der Waals surface area contributed by atoms with E-state index in [1.807, 2.05) is 0 Å². The summed E-state index contributed by atoms with van der Waals surface area (Å²) >= 11 is 0. The van der Waals surface area contributed by atoms with Crippen LogP contribution >= 0.6 is 0 Å². The smallest absolute Gasteiger partial charge is 0.244 e. The molecule has 0 bridgehead atoms. The molecule has 3 rings (SSSR count). The van der Waals surface area contributed by atoms with E-state index in [1.54, 1.807) is 25.1 Å². The molecule has 1 aromatic carbocycles. The predicted octanol–water partition coefficient (Wildman–Crippen LogP) is 0.376. The molecule has 8 nitrogen and oxygen atoms in total. The maximum absolute atomic E-state index is 12.3. The number of carbonyl (C=O) groups is 1. The van der Waals surface area contributed by atoms with E-state index in [-0.39, 0.29) is 28.4 Å². The molecule has 29 heavy (non-hydrogen) atoms. The van der Waals surface area contributed by atoms with Crippen molar-refractivity contribution in [2.45, 2.75) is 36.7 Å². The van der Waals surface area contributed by atoms with Crippen LogP contribution in [-0.4, -0.2) is 70.9 Å². The van der Waals surface area contributed by atoms with Crippen LogP contribution in [0.1, 0.15) is 25.3 Å². The third kappa shape index (κ3) is 5.65. The summed E-state index contributed by atoms with van der Waals surface area (Å²) in [6.07, 6.45) is 5.03. The van der Waals surface area contributed by atoms with Gasteiger partial charge in [0.2, 0.25) is 15.9 Å². The molecule has 0 radical (unpaired) electrons. The Morgan fingerprint density at radius 3 is 2.45 bits per heavy atom. The van der Waals surface area contributed by atoms with E-state index in [0.717, 1.165) is 25.9 Å². The maximum atomic E-state index is 12.3. The van der Waals surface area contributed by atoms with Crippen molar-refractivity contribution in [2.24, 2.45) is 0 Å². The van der Waals surface area contributed by atoms with Crippen molar-refractivity contribution >= 4 is 31.8 Å². The summed E-state index contributed by atoms with van der Waals surface area (Å²) in [5.74, 6) is -0.311. The van der Waals surface area contributed by atoms with Gasteiger partial charge in [-0.15, -0.1) is 0 Å². The summed E-state index contributed by atoms with van der Waals surface area (Å²) in [6.45, 7) is 3.74. The monoisotopic (exact) mass is 441 g/mol. The molecule has 2 unspecified atom stereocenters. The lowest BCUT2D eigenvalue weighted by atomic mass is 10.1. The number of nitrogens with zero attached hydrogens (tertiary/aromatic N) is 1. The lowest BCUT2D eigenvalue weighted by Crippen LogP contribution is -2.49. The minimum atomic E-state index is -3.51. The van der Waals surface area contributed by atoms with Crippen molar-refractivity contribution in [2.75, 3.05) is 31.1 Å². The van der Waals surface area contributed by atoms with Crippen molar-refractivity contribution in [1.82, 2.24) is 14.9 Å². The van der Waals surface area contributed by atoms with Crippen LogP contribution in [0.2, 0.25) is 0 Å². The van der Waals surface area contributed by atoms with E-state index in [4.69, 9.17) is 0 Å². The Morgan fingerprint density at radius 1 is 1.17 bits per heavy atom. The zero-order valence-corrected chi connectivity index (χ0v) is 18.0. The number of carbonyl (C=O) groups excluding carboxylic acids is 1. The van der Waals surface area contributed by atoms with E-state index in [0.29, 0.717) is 12.1 Å². The summed E-state index contributed by atoms with van der Waals surface area (Å²) in [5.41, 5.74) is 0.672. The van der Waals surface area contributed by atoms with Crippen molar-refractivity contribution in [3.8, 4) is 0 Å². The highest BCUT2D eigenvalue weighted by molar-refractivity contribution is 7.91. The largest absolute Gasteiger partial charge is 0.347 e. The Labute approximate surface area is 172 Å². The van der Waals surface area contributed by atoms with Gasteiger partial charge in [-0.3, -0.25) is 9.69 Å². The number of rotatable bonds is 7. The number of hydrogen-bond donors (Lipinski definition) is 2. The molecule has 0 saturated carbocycles. The van der Waals surface area contributed by atoms with Gasteiger partial charge in [0.15, 0.2) is 9.84 Å². The van der Waals surface area contributed by atoms with Crippen LogP contribution in [0, 0.1) is 0 Å². The first kappa shape index (κ1) is 21.9. The Bertz CT molecular complexity index is 966. The van der Waals surface area contributed by atoms with Crippen LogP contribution in [0.5, 0.6) is 0 Å². The summed E-state index contributed by atoms with van der Waals surface area (Å²) in [5, 5.41) is 2.83. The van der Waals surface area contributed by atoms with E-state index >= 15 is 0 Å². The molecule has 160 valence electrons. The SMILES string of the molecule is CCNS(=O)(=O)c1ccc(/C=C/C(=O)NC2CS(=O)(=O)CC2N2CCCC2)cc1. The highest BCUT2D eigenvalue weighted by Crippen LogP contribution is 2.22. The average molecular weight is 442 g/mol. The maximum Gasteiger partial charge on any atom is 0.244 e. The molecule has 2 aliphatic heterocycles. The Balaban J connectivity index is 1.63. The molecule has 2 heterocycles. The van der Waals surface area contributed by atoms with Gasteiger partial charge < -0.3 is 5.32 Å². The molecule has 2 saturated heterocycles. The molecule has 2 atom stereocenters. The highest BCUT2D eigenvalue weighted by atomic mass is 32.2. The molecule has 10 heteroatoms. The lowest BCUT2D eigenvalue weighted by molar-refractivity contribution is -0.117. The van der Waals surface area contributed by atoms with Crippen LogP contribution in [0.25, 0.3) is 6.08 Å². The van der Waals surface area contributed by atoms with E-state index in [2.05, 4.69) is 14.9 Å². The van der Waals surface area contributed by atoms with Crippen molar-refractivity contribution < 1.29 is 21.6 Å². The van der Waals surface area contributed by atoms with Gasteiger partial charge in [0, 0.05) is 18.7 Å². The van der Waals surface area contributed by atoms with Crippen molar-refractivity contribution in [3.05, 3.63) is 35.9 Å². The zero-order valence-electron chi connectivity index (χ0n) is 16.4. The first-order valence-corrected chi connectivity index (χ1v) is 13.0. The molecule has 2 fully saturated rings. The number of likely N-dealkylation sites (tertiary alicyclic amines) is 1. The summed E-state index contributed by atoms with van der Waals surface area (Å²) in [4.78, 5) is 14.7.